The van der Waals surface area contributed by atoms with E-state index in [2.05, 4.69) is 33.4 Å². The molecule has 0 bridgehead atoms. The second kappa shape index (κ2) is 17.0. The minimum absolute atomic E-state index is 0.0632. The second-order valence-corrected chi connectivity index (χ2v) is 9.46. The monoisotopic (exact) mass is 528 g/mol. The van der Waals surface area contributed by atoms with E-state index in [-0.39, 0.29) is 5.91 Å². The van der Waals surface area contributed by atoms with Gasteiger partial charge in [0, 0.05) is 10.9 Å². The Morgan fingerprint density at radius 2 is 1.50 bits per heavy atom. The van der Waals surface area contributed by atoms with Gasteiger partial charge in [-0.3, -0.25) is 4.79 Å². The number of hydrazone groups is 1. The van der Waals surface area contributed by atoms with Crippen LogP contribution in [0, 0.1) is 0 Å². The van der Waals surface area contributed by atoms with Crippen LogP contribution in [0.1, 0.15) is 99.9 Å². The molecule has 0 aliphatic rings. The number of halogens is 1. The molecule has 0 aliphatic carbocycles. The van der Waals surface area contributed by atoms with Crippen molar-refractivity contribution in [1.82, 2.24) is 5.43 Å². The molecule has 1 N–H and O–H groups in total. The van der Waals surface area contributed by atoms with Crippen LogP contribution in [0.5, 0.6) is 5.75 Å². The summed E-state index contributed by atoms with van der Waals surface area (Å²) in [6.45, 7) is 2.25. The van der Waals surface area contributed by atoms with Gasteiger partial charge in [-0.05, 0) is 54.4 Å². The van der Waals surface area contributed by atoms with E-state index >= 15 is 0 Å². The van der Waals surface area contributed by atoms with E-state index < -0.39 is 5.97 Å². The molecular weight excluding hydrogens is 492 g/mol. The lowest BCUT2D eigenvalue weighted by Crippen LogP contribution is -2.16. The fourth-order valence-electron chi connectivity index (χ4n) is 3.59. The molecule has 0 fully saturated rings. The Balaban J connectivity index is 1.56. The number of benzene rings is 2. The van der Waals surface area contributed by atoms with E-state index in [1.165, 1.54) is 57.8 Å². The highest BCUT2D eigenvalue weighted by molar-refractivity contribution is 9.10. The van der Waals surface area contributed by atoms with E-state index in [1.54, 1.807) is 48.7 Å². The number of hydrogen-bond donors (Lipinski definition) is 1. The Kier molecular flexibility index (Phi) is 13.9. The number of nitrogens with one attached hydrogen (secondary N) is 1. The van der Waals surface area contributed by atoms with Gasteiger partial charge in [0.1, 0.15) is 5.75 Å². The summed E-state index contributed by atoms with van der Waals surface area (Å²) in [5.74, 6) is -0.0354. The molecule has 2 aromatic rings. The van der Waals surface area contributed by atoms with Crippen molar-refractivity contribution in [1.29, 1.82) is 0 Å². The van der Waals surface area contributed by atoms with Gasteiger partial charge in [0.2, 0.25) is 5.91 Å². The molecule has 184 valence electrons. The minimum Gasteiger partial charge on any atom is -0.423 e. The summed E-state index contributed by atoms with van der Waals surface area (Å²) < 4.78 is 6.20. The van der Waals surface area contributed by atoms with Crippen molar-refractivity contribution in [2.75, 3.05) is 0 Å². The highest BCUT2D eigenvalue weighted by atomic mass is 79.9. The van der Waals surface area contributed by atoms with Crippen LogP contribution >= 0.6 is 15.9 Å². The Bertz CT molecular complexity index is 897. The first-order valence-electron chi connectivity index (χ1n) is 12.5. The number of esters is 1. The molecule has 34 heavy (non-hydrogen) atoms. The highest BCUT2D eigenvalue weighted by Gasteiger charge is 2.08. The van der Waals surface area contributed by atoms with Gasteiger partial charge in [0.15, 0.2) is 0 Å². The molecule has 2 aromatic carbocycles. The number of amides is 1. The third-order valence-electron chi connectivity index (χ3n) is 5.56. The van der Waals surface area contributed by atoms with Gasteiger partial charge in [0.25, 0.3) is 0 Å². The molecule has 6 heteroatoms. The molecule has 0 heterocycles. The maximum absolute atomic E-state index is 12.2. The first kappa shape index (κ1) is 27.8. The minimum atomic E-state index is -0.419. The lowest BCUT2D eigenvalue weighted by Gasteiger charge is -2.05. The standard InChI is InChI=1S/C28H37BrN2O3/c1-2-3-4-5-6-7-8-9-10-11-12-16-27(32)31-30-22-23-17-19-26(20-18-23)34-28(33)24-14-13-15-25(29)21-24/h13-15,17-22H,2-12,16H2,1H3,(H,31,32)/b30-22-. The predicted octanol–water partition coefficient (Wildman–Crippen LogP) is 7.82. The summed E-state index contributed by atoms with van der Waals surface area (Å²) in [5, 5.41) is 4.02. The van der Waals surface area contributed by atoms with Crippen LogP contribution in [-0.2, 0) is 4.79 Å². The molecule has 0 aromatic heterocycles. The number of ether oxygens (including phenoxy) is 1. The van der Waals surface area contributed by atoms with Gasteiger partial charge in [-0.2, -0.15) is 5.10 Å². The average Bonchev–Trinajstić information content (AvgIpc) is 2.83. The first-order chi connectivity index (χ1) is 16.6. The molecule has 0 atom stereocenters. The topological polar surface area (TPSA) is 67.8 Å². The maximum Gasteiger partial charge on any atom is 0.343 e. The van der Waals surface area contributed by atoms with Crippen LogP contribution in [0.2, 0.25) is 0 Å². The normalized spacial score (nSPS) is 11.0. The highest BCUT2D eigenvalue weighted by Crippen LogP contribution is 2.16. The lowest BCUT2D eigenvalue weighted by atomic mass is 10.1. The molecule has 5 nitrogen and oxygen atoms in total. The smallest absolute Gasteiger partial charge is 0.343 e. The molecule has 0 radical (unpaired) electrons. The van der Waals surface area contributed by atoms with E-state index in [0.717, 1.165) is 22.9 Å². The third-order valence-corrected chi connectivity index (χ3v) is 6.05. The molecule has 0 saturated carbocycles. The van der Waals surface area contributed by atoms with Crippen LogP contribution in [0.15, 0.2) is 58.1 Å². The van der Waals surface area contributed by atoms with Crippen molar-refractivity contribution in [2.45, 2.75) is 84.0 Å². The summed E-state index contributed by atoms with van der Waals surface area (Å²) >= 11 is 3.34. The number of carbonyl (C=O) groups is 2. The van der Waals surface area contributed by atoms with E-state index in [9.17, 15) is 9.59 Å². The molecule has 2 rings (SSSR count). The van der Waals surface area contributed by atoms with Gasteiger partial charge in [-0.15, -0.1) is 0 Å². The van der Waals surface area contributed by atoms with Crippen LogP contribution in [0.4, 0.5) is 0 Å². The fraction of sp³-hybridized carbons (Fsp3) is 0.464. The average molecular weight is 530 g/mol. The summed E-state index contributed by atoms with van der Waals surface area (Å²) in [4.78, 5) is 24.1. The number of unbranched alkanes of at least 4 members (excludes halogenated alkanes) is 10. The van der Waals surface area contributed by atoms with Crippen molar-refractivity contribution in [3.63, 3.8) is 0 Å². The van der Waals surface area contributed by atoms with Crippen molar-refractivity contribution in [3.05, 3.63) is 64.1 Å². The van der Waals surface area contributed by atoms with Crippen LogP contribution in [-0.4, -0.2) is 18.1 Å². The Hall–Kier alpha value is -2.47. The zero-order valence-electron chi connectivity index (χ0n) is 20.2. The third kappa shape index (κ3) is 12.1. The summed E-state index contributed by atoms with van der Waals surface area (Å²) in [6.07, 6.45) is 16.0. The second-order valence-electron chi connectivity index (χ2n) is 8.55. The van der Waals surface area contributed by atoms with E-state index in [0.29, 0.717) is 17.7 Å². The van der Waals surface area contributed by atoms with E-state index in [1.807, 2.05) is 6.07 Å². The Labute approximate surface area is 212 Å². The van der Waals surface area contributed by atoms with Crippen molar-refractivity contribution in [3.8, 4) is 5.75 Å². The lowest BCUT2D eigenvalue weighted by molar-refractivity contribution is -0.121. The van der Waals surface area contributed by atoms with Crippen molar-refractivity contribution < 1.29 is 14.3 Å². The Morgan fingerprint density at radius 1 is 0.882 bits per heavy atom. The van der Waals surface area contributed by atoms with Gasteiger partial charge >= 0.3 is 5.97 Å². The predicted molar refractivity (Wildman–Crippen MR) is 142 cm³/mol. The number of nitrogens with zero attached hydrogens (tertiary/aromatic N) is 1. The van der Waals surface area contributed by atoms with Gasteiger partial charge in [-0.1, -0.05) is 93.1 Å². The molecule has 0 aliphatic heterocycles. The number of carbonyl (C=O) groups excluding carboxylic acids is 2. The van der Waals surface area contributed by atoms with Crippen molar-refractivity contribution >= 4 is 34.0 Å². The largest absolute Gasteiger partial charge is 0.423 e. The zero-order valence-corrected chi connectivity index (χ0v) is 21.8. The SMILES string of the molecule is CCCCCCCCCCCCCC(=O)N/N=C\c1ccc(OC(=O)c2cccc(Br)c2)cc1. The van der Waals surface area contributed by atoms with Gasteiger partial charge < -0.3 is 4.74 Å². The van der Waals surface area contributed by atoms with Crippen LogP contribution in [0.3, 0.4) is 0 Å². The summed E-state index contributed by atoms with van der Waals surface area (Å²) in [6, 6.07) is 14.0. The Morgan fingerprint density at radius 3 is 2.12 bits per heavy atom. The van der Waals surface area contributed by atoms with Gasteiger partial charge in [-0.25, -0.2) is 10.2 Å². The summed E-state index contributed by atoms with van der Waals surface area (Å²) in [7, 11) is 0. The zero-order chi connectivity index (χ0) is 24.4. The molecule has 0 saturated heterocycles. The molecular formula is C28H37BrN2O3. The van der Waals surface area contributed by atoms with Crippen LogP contribution in [0.25, 0.3) is 0 Å². The van der Waals surface area contributed by atoms with Crippen LogP contribution < -0.4 is 10.2 Å². The first-order valence-corrected chi connectivity index (χ1v) is 13.3. The molecule has 1 amide bonds. The maximum atomic E-state index is 12.2. The number of rotatable bonds is 16. The van der Waals surface area contributed by atoms with Crippen molar-refractivity contribution in [2.24, 2.45) is 5.10 Å². The molecule has 0 spiro atoms. The fourth-order valence-corrected chi connectivity index (χ4v) is 3.99. The quantitative estimate of drug-likeness (QED) is 0.0793. The number of hydrogen-bond acceptors (Lipinski definition) is 4. The molecule has 0 unspecified atom stereocenters. The van der Waals surface area contributed by atoms with Gasteiger partial charge in [0.05, 0.1) is 11.8 Å². The summed E-state index contributed by atoms with van der Waals surface area (Å²) in [5.41, 5.74) is 3.86. The van der Waals surface area contributed by atoms with E-state index in [4.69, 9.17) is 4.74 Å².